The third-order valence-electron chi connectivity index (χ3n) is 2.75. The zero-order valence-corrected chi connectivity index (χ0v) is 10.5. The average molecular weight is 268 g/mol. The number of para-hydroxylation sites is 1. The van der Waals surface area contributed by atoms with Crippen LogP contribution in [-0.4, -0.2) is 22.0 Å². The van der Waals surface area contributed by atoms with E-state index in [9.17, 15) is 14.7 Å². The first-order valence-corrected chi connectivity index (χ1v) is 5.91. The summed E-state index contributed by atoms with van der Waals surface area (Å²) in [6, 6.07) is 12.4. The van der Waals surface area contributed by atoms with E-state index in [1.165, 1.54) is 30.3 Å². The molecule has 2 N–H and O–H groups in total. The summed E-state index contributed by atoms with van der Waals surface area (Å²) in [5, 5.41) is 18.3. The molecule has 20 heavy (non-hydrogen) atoms. The Kier molecular flexibility index (Phi) is 3.96. The SMILES string of the molecule is O=C(O)c1ccc(/C=C/C(=O)c2ccccc2O)cc1. The van der Waals surface area contributed by atoms with Crippen LogP contribution in [0.5, 0.6) is 5.75 Å². The van der Waals surface area contributed by atoms with Gasteiger partial charge >= 0.3 is 5.97 Å². The van der Waals surface area contributed by atoms with E-state index in [1.807, 2.05) is 0 Å². The number of phenolic OH excluding ortho intramolecular Hbond substituents is 1. The van der Waals surface area contributed by atoms with Crippen LogP contribution >= 0.6 is 0 Å². The molecule has 0 bridgehead atoms. The molecule has 0 radical (unpaired) electrons. The number of rotatable bonds is 4. The number of ketones is 1. The number of aromatic carboxylic acids is 1. The smallest absolute Gasteiger partial charge is 0.335 e. The molecule has 0 atom stereocenters. The minimum absolute atomic E-state index is 0.0663. The lowest BCUT2D eigenvalue weighted by molar-refractivity contribution is 0.0696. The van der Waals surface area contributed by atoms with Crippen molar-refractivity contribution in [2.24, 2.45) is 0 Å². The maximum absolute atomic E-state index is 11.9. The Morgan fingerprint density at radius 1 is 0.950 bits per heavy atom. The van der Waals surface area contributed by atoms with Gasteiger partial charge in [0.05, 0.1) is 11.1 Å². The number of carboxylic acids is 1. The van der Waals surface area contributed by atoms with Gasteiger partial charge in [-0.1, -0.05) is 30.3 Å². The molecular weight excluding hydrogens is 256 g/mol. The monoisotopic (exact) mass is 268 g/mol. The Bertz CT molecular complexity index is 669. The van der Waals surface area contributed by atoms with Crippen LogP contribution in [-0.2, 0) is 0 Å². The van der Waals surface area contributed by atoms with Crippen LogP contribution < -0.4 is 0 Å². The Labute approximate surface area is 115 Å². The standard InChI is InChI=1S/C16H12O4/c17-14-4-2-1-3-13(14)15(18)10-7-11-5-8-12(9-6-11)16(19)20/h1-10,17H,(H,19,20)/b10-7+. The molecule has 0 unspecified atom stereocenters. The van der Waals surface area contributed by atoms with Gasteiger partial charge in [0, 0.05) is 0 Å². The molecule has 0 spiro atoms. The predicted octanol–water partition coefficient (Wildman–Crippen LogP) is 2.99. The van der Waals surface area contributed by atoms with Crippen LogP contribution in [0.1, 0.15) is 26.3 Å². The molecule has 2 aromatic carbocycles. The largest absolute Gasteiger partial charge is 0.507 e. The molecule has 0 aliphatic rings. The second kappa shape index (κ2) is 5.84. The maximum atomic E-state index is 11.9. The summed E-state index contributed by atoms with van der Waals surface area (Å²) in [5.74, 6) is -1.38. The fourth-order valence-electron chi connectivity index (χ4n) is 1.68. The molecule has 4 nitrogen and oxygen atoms in total. The summed E-state index contributed by atoms with van der Waals surface area (Å²) >= 11 is 0. The zero-order valence-electron chi connectivity index (χ0n) is 10.5. The Balaban J connectivity index is 2.15. The van der Waals surface area contributed by atoms with Crippen molar-refractivity contribution in [2.75, 3.05) is 0 Å². The lowest BCUT2D eigenvalue weighted by Gasteiger charge is -1.99. The van der Waals surface area contributed by atoms with E-state index >= 15 is 0 Å². The highest BCUT2D eigenvalue weighted by Crippen LogP contribution is 2.17. The molecule has 0 saturated carbocycles. The first-order chi connectivity index (χ1) is 9.58. The van der Waals surface area contributed by atoms with Gasteiger partial charge in [-0.15, -0.1) is 0 Å². The first-order valence-electron chi connectivity index (χ1n) is 5.91. The van der Waals surface area contributed by atoms with E-state index < -0.39 is 5.97 Å². The van der Waals surface area contributed by atoms with Gasteiger partial charge in [-0.3, -0.25) is 4.79 Å². The van der Waals surface area contributed by atoms with E-state index in [2.05, 4.69) is 0 Å². The molecule has 100 valence electrons. The number of carbonyl (C=O) groups is 2. The van der Waals surface area contributed by atoms with Crippen LogP contribution in [0.4, 0.5) is 0 Å². The highest BCUT2D eigenvalue weighted by Gasteiger charge is 2.06. The van der Waals surface area contributed by atoms with Crippen molar-refractivity contribution in [3.8, 4) is 5.75 Å². The highest BCUT2D eigenvalue weighted by atomic mass is 16.4. The third kappa shape index (κ3) is 3.11. The lowest BCUT2D eigenvalue weighted by Crippen LogP contribution is -1.95. The van der Waals surface area contributed by atoms with Crippen molar-refractivity contribution < 1.29 is 19.8 Å². The Morgan fingerprint density at radius 3 is 2.20 bits per heavy atom. The number of phenols is 1. The van der Waals surface area contributed by atoms with Gasteiger partial charge < -0.3 is 10.2 Å². The molecule has 4 heteroatoms. The van der Waals surface area contributed by atoms with E-state index in [0.29, 0.717) is 5.56 Å². The molecule has 0 heterocycles. The Morgan fingerprint density at radius 2 is 1.60 bits per heavy atom. The average Bonchev–Trinajstić information content (AvgIpc) is 2.45. The number of hydrogen-bond acceptors (Lipinski definition) is 3. The minimum atomic E-state index is -0.995. The molecular formula is C16H12O4. The second-order valence-electron chi connectivity index (χ2n) is 4.14. The number of allylic oxidation sites excluding steroid dienone is 1. The molecule has 0 aromatic heterocycles. The van der Waals surface area contributed by atoms with Gasteiger partial charge in [-0.2, -0.15) is 0 Å². The van der Waals surface area contributed by atoms with E-state index in [-0.39, 0.29) is 22.7 Å². The number of hydrogen-bond donors (Lipinski definition) is 2. The molecule has 0 aliphatic carbocycles. The third-order valence-corrected chi connectivity index (χ3v) is 2.75. The van der Waals surface area contributed by atoms with Gasteiger partial charge in [0.2, 0.25) is 0 Å². The van der Waals surface area contributed by atoms with E-state index in [4.69, 9.17) is 5.11 Å². The summed E-state index contributed by atoms with van der Waals surface area (Å²) < 4.78 is 0. The summed E-state index contributed by atoms with van der Waals surface area (Å²) in [4.78, 5) is 22.6. The topological polar surface area (TPSA) is 74.6 Å². The number of carbonyl (C=O) groups excluding carboxylic acids is 1. The van der Waals surface area contributed by atoms with E-state index in [1.54, 1.807) is 30.3 Å². The Hall–Kier alpha value is -2.88. The van der Waals surface area contributed by atoms with Crippen LogP contribution in [0.3, 0.4) is 0 Å². The van der Waals surface area contributed by atoms with Crippen molar-refractivity contribution in [1.82, 2.24) is 0 Å². The fraction of sp³-hybridized carbons (Fsp3) is 0. The quantitative estimate of drug-likeness (QED) is 0.660. The summed E-state index contributed by atoms with van der Waals surface area (Å²) in [6.45, 7) is 0. The molecule has 0 saturated heterocycles. The fourth-order valence-corrected chi connectivity index (χ4v) is 1.68. The zero-order chi connectivity index (χ0) is 14.5. The van der Waals surface area contributed by atoms with Crippen molar-refractivity contribution in [2.45, 2.75) is 0 Å². The van der Waals surface area contributed by atoms with Crippen LogP contribution in [0, 0.1) is 0 Å². The maximum Gasteiger partial charge on any atom is 0.335 e. The first kappa shape index (κ1) is 13.5. The van der Waals surface area contributed by atoms with Crippen molar-refractivity contribution in [3.05, 3.63) is 71.3 Å². The number of aromatic hydroxyl groups is 1. The number of benzene rings is 2. The van der Waals surface area contributed by atoms with Gasteiger partial charge in [0.1, 0.15) is 5.75 Å². The van der Waals surface area contributed by atoms with Crippen LogP contribution in [0.2, 0.25) is 0 Å². The molecule has 2 aromatic rings. The minimum Gasteiger partial charge on any atom is -0.507 e. The molecule has 2 rings (SSSR count). The van der Waals surface area contributed by atoms with E-state index in [0.717, 1.165) is 0 Å². The van der Waals surface area contributed by atoms with Gasteiger partial charge in [0.25, 0.3) is 0 Å². The molecule has 0 aliphatic heterocycles. The summed E-state index contributed by atoms with van der Waals surface area (Å²) in [7, 11) is 0. The molecule has 0 amide bonds. The van der Waals surface area contributed by atoms with Crippen molar-refractivity contribution in [1.29, 1.82) is 0 Å². The van der Waals surface area contributed by atoms with Crippen LogP contribution in [0.25, 0.3) is 6.08 Å². The van der Waals surface area contributed by atoms with Gasteiger partial charge in [0.15, 0.2) is 5.78 Å². The van der Waals surface area contributed by atoms with Crippen LogP contribution in [0.15, 0.2) is 54.6 Å². The highest BCUT2D eigenvalue weighted by molar-refractivity contribution is 6.08. The van der Waals surface area contributed by atoms with Gasteiger partial charge in [-0.05, 0) is 35.9 Å². The van der Waals surface area contributed by atoms with Crippen molar-refractivity contribution in [3.63, 3.8) is 0 Å². The lowest BCUT2D eigenvalue weighted by atomic mass is 10.1. The molecule has 0 fully saturated rings. The summed E-state index contributed by atoms with van der Waals surface area (Å²) in [5.41, 5.74) is 1.12. The summed E-state index contributed by atoms with van der Waals surface area (Å²) in [6.07, 6.45) is 2.91. The predicted molar refractivity (Wildman–Crippen MR) is 74.9 cm³/mol. The number of carboxylic acid groups (broad SMARTS) is 1. The van der Waals surface area contributed by atoms with Gasteiger partial charge in [-0.25, -0.2) is 4.79 Å². The second-order valence-corrected chi connectivity index (χ2v) is 4.14. The van der Waals surface area contributed by atoms with Crippen molar-refractivity contribution >= 4 is 17.8 Å². The normalized spacial score (nSPS) is 10.6.